The third-order valence-electron chi connectivity index (χ3n) is 3.83. The smallest absolute Gasteiger partial charge is 0.224 e. The molecule has 0 bridgehead atoms. The lowest BCUT2D eigenvalue weighted by atomic mass is 10.0. The number of carbonyl (C=O) groups excluding carboxylic acids is 1. The Kier molecular flexibility index (Phi) is 3.70. The van der Waals surface area contributed by atoms with E-state index >= 15 is 0 Å². The number of aryl methyl sites for hydroxylation is 1. The van der Waals surface area contributed by atoms with Gasteiger partial charge in [-0.3, -0.25) is 9.78 Å². The van der Waals surface area contributed by atoms with E-state index in [-0.39, 0.29) is 18.0 Å². The first-order valence-corrected chi connectivity index (χ1v) is 6.96. The van der Waals surface area contributed by atoms with Crippen molar-refractivity contribution in [1.29, 1.82) is 0 Å². The van der Waals surface area contributed by atoms with Crippen LogP contribution in [0.15, 0.2) is 35.1 Å². The summed E-state index contributed by atoms with van der Waals surface area (Å²) >= 11 is 0. The van der Waals surface area contributed by atoms with Gasteiger partial charge in [0.1, 0.15) is 5.76 Å². The number of pyridine rings is 1. The molecule has 0 aliphatic carbocycles. The standard InChI is InChI=1S/C15H18N4O2/c1-10-6-12(18-21-10)9-17-13-7-14(20)19(2)15(13)11-4-3-5-16-8-11/h3-6,8,13,15,17H,7,9H2,1-2H3/t13-,15+/m1/s1. The second-order valence-corrected chi connectivity index (χ2v) is 5.36. The minimum absolute atomic E-state index is 0.000743. The van der Waals surface area contributed by atoms with Gasteiger partial charge in [-0.15, -0.1) is 0 Å². The monoisotopic (exact) mass is 286 g/mol. The SMILES string of the molecule is Cc1cc(CN[C@@H]2CC(=O)N(C)[C@H]2c2cccnc2)no1. The lowest BCUT2D eigenvalue weighted by Crippen LogP contribution is -2.34. The number of carbonyl (C=O) groups is 1. The van der Waals surface area contributed by atoms with E-state index in [0.717, 1.165) is 17.0 Å². The Hall–Kier alpha value is -2.21. The van der Waals surface area contributed by atoms with Gasteiger partial charge in [-0.05, 0) is 18.6 Å². The molecule has 1 aliphatic rings. The normalized spacial score (nSPS) is 22.0. The van der Waals surface area contributed by atoms with Crippen molar-refractivity contribution in [3.05, 3.63) is 47.6 Å². The molecule has 21 heavy (non-hydrogen) atoms. The molecule has 1 N–H and O–H groups in total. The first-order chi connectivity index (χ1) is 10.1. The van der Waals surface area contributed by atoms with Gasteiger partial charge in [0.15, 0.2) is 0 Å². The third-order valence-corrected chi connectivity index (χ3v) is 3.83. The van der Waals surface area contributed by atoms with E-state index in [4.69, 9.17) is 4.52 Å². The quantitative estimate of drug-likeness (QED) is 0.921. The highest BCUT2D eigenvalue weighted by atomic mass is 16.5. The summed E-state index contributed by atoms with van der Waals surface area (Å²) in [5.41, 5.74) is 1.89. The molecule has 0 unspecified atom stereocenters. The van der Waals surface area contributed by atoms with Crippen LogP contribution < -0.4 is 5.32 Å². The van der Waals surface area contributed by atoms with Crippen molar-refractivity contribution in [3.8, 4) is 0 Å². The van der Waals surface area contributed by atoms with Crippen LogP contribution in [-0.2, 0) is 11.3 Å². The summed E-state index contributed by atoms with van der Waals surface area (Å²) in [6, 6.07) is 5.83. The van der Waals surface area contributed by atoms with Crippen LogP contribution in [0.5, 0.6) is 0 Å². The summed E-state index contributed by atoms with van der Waals surface area (Å²) in [5.74, 6) is 0.924. The number of rotatable bonds is 4. The topological polar surface area (TPSA) is 71.3 Å². The van der Waals surface area contributed by atoms with E-state index in [1.54, 1.807) is 11.1 Å². The molecular weight excluding hydrogens is 268 g/mol. The molecule has 1 fully saturated rings. The van der Waals surface area contributed by atoms with Crippen molar-refractivity contribution in [2.24, 2.45) is 0 Å². The molecule has 2 aromatic rings. The maximum Gasteiger partial charge on any atom is 0.224 e. The molecule has 6 nitrogen and oxygen atoms in total. The largest absolute Gasteiger partial charge is 0.361 e. The predicted molar refractivity (Wildman–Crippen MR) is 76.2 cm³/mol. The fraction of sp³-hybridized carbons (Fsp3) is 0.400. The fourth-order valence-electron chi connectivity index (χ4n) is 2.80. The zero-order chi connectivity index (χ0) is 14.8. The maximum absolute atomic E-state index is 12.0. The van der Waals surface area contributed by atoms with Gasteiger partial charge in [0.2, 0.25) is 5.91 Å². The summed E-state index contributed by atoms with van der Waals surface area (Å²) in [4.78, 5) is 17.9. The van der Waals surface area contributed by atoms with Crippen molar-refractivity contribution < 1.29 is 9.32 Å². The van der Waals surface area contributed by atoms with Crippen molar-refractivity contribution in [1.82, 2.24) is 20.4 Å². The Labute approximate surface area is 123 Å². The molecule has 0 spiro atoms. The summed E-state index contributed by atoms with van der Waals surface area (Å²) < 4.78 is 5.06. The van der Waals surface area contributed by atoms with Crippen LogP contribution in [0.25, 0.3) is 0 Å². The molecule has 0 radical (unpaired) electrons. The summed E-state index contributed by atoms with van der Waals surface area (Å²) in [5, 5.41) is 7.37. The van der Waals surface area contributed by atoms with Crippen molar-refractivity contribution >= 4 is 5.91 Å². The number of likely N-dealkylation sites (tertiary alicyclic amines) is 1. The van der Waals surface area contributed by atoms with Crippen molar-refractivity contribution in [3.63, 3.8) is 0 Å². The molecule has 2 atom stereocenters. The second-order valence-electron chi connectivity index (χ2n) is 5.36. The molecule has 3 heterocycles. The number of likely N-dealkylation sites (N-methyl/N-ethyl adjacent to an activating group) is 1. The molecule has 0 aromatic carbocycles. The van der Waals surface area contributed by atoms with E-state index in [9.17, 15) is 4.79 Å². The molecule has 110 valence electrons. The molecule has 0 saturated carbocycles. The van der Waals surface area contributed by atoms with E-state index in [1.165, 1.54) is 0 Å². The number of hydrogen-bond donors (Lipinski definition) is 1. The Bertz CT molecular complexity index is 626. The highest BCUT2D eigenvalue weighted by Gasteiger charge is 2.38. The average molecular weight is 286 g/mol. The third kappa shape index (κ3) is 2.80. The lowest BCUT2D eigenvalue weighted by Gasteiger charge is -2.25. The van der Waals surface area contributed by atoms with Gasteiger partial charge in [-0.25, -0.2) is 0 Å². The Morgan fingerprint density at radius 2 is 2.38 bits per heavy atom. The van der Waals surface area contributed by atoms with Crippen LogP contribution >= 0.6 is 0 Å². The number of amides is 1. The maximum atomic E-state index is 12.0. The Morgan fingerprint density at radius 3 is 3.05 bits per heavy atom. The highest BCUT2D eigenvalue weighted by molar-refractivity contribution is 5.80. The van der Waals surface area contributed by atoms with Gasteiger partial charge >= 0.3 is 0 Å². The van der Waals surface area contributed by atoms with Gasteiger partial charge in [0, 0.05) is 44.5 Å². The number of nitrogens with one attached hydrogen (secondary N) is 1. The van der Waals surface area contributed by atoms with E-state index in [1.807, 2.05) is 38.4 Å². The van der Waals surface area contributed by atoms with E-state index in [0.29, 0.717) is 13.0 Å². The number of nitrogens with zero attached hydrogens (tertiary/aromatic N) is 3. The molecule has 1 saturated heterocycles. The van der Waals surface area contributed by atoms with E-state index in [2.05, 4.69) is 15.5 Å². The summed E-state index contributed by atoms with van der Waals surface area (Å²) in [6.45, 7) is 2.45. The molecule has 2 aromatic heterocycles. The highest BCUT2D eigenvalue weighted by Crippen LogP contribution is 2.31. The minimum Gasteiger partial charge on any atom is -0.361 e. The van der Waals surface area contributed by atoms with Crippen LogP contribution in [0.3, 0.4) is 0 Å². The minimum atomic E-state index is -0.000743. The van der Waals surface area contributed by atoms with Crippen LogP contribution in [-0.4, -0.2) is 34.0 Å². The molecule has 1 amide bonds. The Balaban J connectivity index is 1.75. The number of hydrogen-bond acceptors (Lipinski definition) is 5. The first kappa shape index (κ1) is 13.8. The predicted octanol–water partition coefficient (Wildman–Crippen LogP) is 1.44. The zero-order valence-corrected chi connectivity index (χ0v) is 12.1. The average Bonchev–Trinajstić information content (AvgIpc) is 3.02. The summed E-state index contributed by atoms with van der Waals surface area (Å²) in [6.07, 6.45) is 4.03. The number of aromatic nitrogens is 2. The van der Waals surface area contributed by atoms with Crippen LogP contribution in [0, 0.1) is 6.92 Å². The van der Waals surface area contributed by atoms with Gasteiger partial charge in [-0.2, -0.15) is 0 Å². The van der Waals surface area contributed by atoms with Gasteiger partial charge in [0.25, 0.3) is 0 Å². The lowest BCUT2D eigenvalue weighted by molar-refractivity contribution is -0.127. The van der Waals surface area contributed by atoms with Crippen LogP contribution in [0.1, 0.15) is 29.5 Å². The molecule has 1 aliphatic heterocycles. The zero-order valence-electron chi connectivity index (χ0n) is 12.1. The molecule has 6 heteroatoms. The van der Waals surface area contributed by atoms with Crippen molar-refractivity contribution in [2.75, 3.05) is 7.05 Å². The summed E-state index contributed by atoms with van der Waals surface area (Å²) in [7, 11) is 1.84. The van der Waals surface area contributed by atoms with Gasteiger partial charge in [0.05, 0.1) is 11.7 Å². The van der Waals surface area contributed by atoms with Crippen LogP contribution in [0.4, 0.5) is 0 Å². The second kappa shape index (κ2) is 5.65. The Morgan fingerprint density at radius 1 is 1.52 bits per heavy atom. The fourth-order valence-corrected chi connectivity index (χ4v) is 2.80. The molecule has 3 rings (SSSR count). The van der Waals surface area contributed by atoms with Gasteiger partial charge in [-0.1, -0.05) is 11.2 Å². The van der Waals surface area contributed by atoms with Crippen molar-refractivity contribution in [2.45, 2.75) is 32.0 Å². The van der Waals surface area contributed by atoms with E-state index < -0.39 is 0 Å². The first-order valence-electron chi connectivity index (χ1n) is 6.96. The van der Waals surface area contributed by atoms with Crippen LogP contribution in [0.2, 0.25) is 0 Å². The molecular formula is C15H18N4O2. The van der Waals surface area contributed by atoms with Gasteiger partial charge < -0.3 is 14.7 Å².